The molecular weight excluding hydrogens is 452 g/mol. The number of carbonyl (C=O) groups excluding carboxylic acids is 4. The van der Waals surface area contributed by atoms with Gasteiger partial charge in [0, 0.05) is 12.8 Å². The van der Waals surface area contributed by atoms with Crippen LogP contribution in [0.25, 0.3) is 0 Å². The molecule has 2 fully saturated rings. The minimum atomic E-state index is -0.759. The van der Waals surface area contributed by atoms with Crippen molar-refractivity contribution in [2.45, 2.75) is 89.9 Å². The summed E-state index contributed by atoms with van der Waals surface area (Å²) in [6.07, 6.45) is -2.27. The second kappa shape index (κ2) is 11.7. The van der Waals surface area contributed by atoms with Crippen molar-refractivity contribution in [2.24, 2.45) is 0 Å². The predicted molar refractivity (Wildman–Crippen MR) is 119 cm³/mol. The average molecular weight is 491 g/mol. The van der Waals surface area contributed by atoms with E-state index >= 15 is 0 Å². The Labute approximate surface area is 200 Å². The largest absolute Gasteiger partial charge is 0.467 e. The minimum absolute atomic E-state index is 0.0919. The summed E-state index contributed by atoms with van der Waals surface area (Å²) in [7, 11) is 2.50. The number of carbonyl (C=O) groups is 4. The lowest BCUT2D eigenvalue weighted by molar-refractivity contribution is -0.146. The topological polar surface area (TPSA) is 152 Å². The van der Waals surface area contributed by atoms with Crippen LogP contribution in [-0.2, 0) is 28.5 Å². The van der Waals surface area contributed by atoms with Gasteiger partial charge in [0.2, 0.25) is 0 Å². The highest BCUT2D eigenvalue weighted by Gasteiger charge is 2.42. The molecule has 4 atom stereocenters. The third-order valence-corrected chi connectivity index (χ3v) is 4.76. The van der Waals surface area contributed by atoms with Crippen molar-refractivity contribution >= 4 is 24.1 Å². The van der Waals surface area contributed by atoms with Crippen molar-refractivity contribution in [3.05, 3.63) is 0 Å². The Bertz CT molecular complexity index is 681. The molecule has 0 unspecified atom stereocenters. The van der Waals surface area contributed by atoms with Crippen molar-refractivity contribution in [3.8, 4) is 0 Å². The monoisotopic (exact) mass is 490 g/mol. The van der Waals surface area contributed by atoms with Crippen LogP contribution in [0.3, 0.4) is 0 Å². The Hall–Kier alpha value is -2.60. The van der Waals surface area contributed by atoms with Gasteiger partial charge in [0.1, 0.15) is 23.3 Å². The number of aliphatic hydroxyl groups is 2. The van der Waals surface area contributed by atoms with Crippen molar-refractivity contribution in [2.75, 3.05) is 27.3 Å². The third kappa shape index (κ3) is 8.98. The number of methoxy groups -OCH3 is 2. The van der Waals surface area contributed by atoms with E-state index in [0.29, 0.717) is 0 Å². The highest BCUT2D eigenvalue weighted by atomic mass is 16.6. The van der Waals surface area contributed by atoms with Gasteiger partial charge < -0.3 is 29.2 Å². The normalized spacial score (nSPS) is 24.6. The molecule has 2 N–H and O–H groups in total. The van der Waals surface area contributed by atoms with Crippen molar-refractivity contribution in [1.82, 2.24) is 9.80 Å². The number of nitrogens with zero attached hydrogens (tertiary/aromatic N) is 2. The van der Waals surface area contributed by atoms with Gasteiger partial charge in [-0.1, -0.05) is 0 Å². The minimum Gasteiger partial charge on any atom is -0.467 e. The van der Waals surface area contributed by atoms with Crippen LogP contribution in [0.15, 0.2) is 0 Å². The van der Waals surface area contributed by atoms with Gasteiger partial charge in [0.25, 0.3) is 0 Å². The molecule has 2 aliphatic heterocycles. The SMILES string of the molecule is COC(=O)[C@@H]1C[C@@H](O)CN1C(=O)OC(C)(C)C.COC(=O)[C@@H]1C[C@@H](O)CN1C(=O)OC(C)(C)C. The van der Waals surface area contributed by atoms with Crippen LogP contribution in [0.5, 0.6) is 0 Å². The van der Waals surface area contributed by atoms with Gasteiger partial charge in [-0.05, 0) is 41.5 Å². The van der Waals surface area contributed by atoms with Gasteiger partial charge in [-0.15, -0.1) is 0 Å². The van der Waals surface area contributed by atoms with Crippen molar-refractivity contribution in [1.29, 1.82) is 0 Å². The van der Waals surface area contributed by atoms with Crippen molar-refractivity contribution < 1.29 is 48.3 Å². The predicted octanol–water partition coefficient (Wildman–Crippen LogP) is 1.06. The molecule has 2 amide bonds. The van der Waals surface area contributed by atoms with Crippen molar-refractivity contribution in [3.63, 3.8) is 0 Å². The van der Waals surface area contributed by atoms with E-state index in [1.165, 1.54) is 24.0 Å². The smallest absolute Gasteiger partial charge is 0.411 e. The summed E-state index contributed by atoms with van der Waals surface area (Å²) in [4.78, 5) is 49.0. The van der Waals surface area contributed by atoms with Crippen LogP contribution in [0.4, 0.5) is 9.59 Å². The Morgan fingerprint density at radius 2 is 0.971 bits per heavy atom. The molecule has 0 aliphatic carbocycles. The molecule has 2 rings (SSSR count). The molecule has 12 heteroatoms. The zero-order valence-electron chi connectivity index (χ0n) is 21.2. The summed E-state index contributed by atoms with van der Waals surface area (Å²) < 4.78 is 19.5. The Morgan fingerprint density at radius 1 is 0.676 bits per heavy atom. The lowest BCUT2D eigenvalue weighted by Crippen LogP contribution is -2.43. The molecule has 34 heavy (non-hydrogen) atoms. The first kappa shape index (κ1) is 29.4. The van der Waals surface area contributed by atoms with Gasteiger partial charge in [-0.2, -0.15) is 0 Å². The molecule has 2 aliphatic rings. The zero-order valence-corrected chi connectivity index (χ0v) is 21.2. The van der Waals surface area contributed by atoms with Crippen LogP contribution in [-0.4, -0.2) is 107 Å². The number of likely N-dealkylation sites (tertiary alicyclic amines) is 2. The molecule has 12 nitrogen and oxygen atoms in total. The standard InChI is InChI=1S/2C11H19NO5/c2*1-11(2,3)17-10(15)12-6-7(13)5-8(12)9(14)16-4/h2*7-8,13H,5-6H2,1-4H3/t2*7-,8+/m11/s1. The van der Waals surface area contributed by atoms with E-state index in [4.69, 9.17) is 9.47 Å². The van der Waals surface area contributed by atoms with E-state index in [2.05, 4.69) is 9.47 Å². The number of rotatable bonds is 2. The molecule has 0 aromatic rings. The van der Waals surface area contributed by atoms with Crippen LogP contribution in [0, 0.1) is 0 Å². The van der Waals surface area contributed by atoms with Gasteiger partial charge in [0.15, 0.2) is 0 Å². The molecule has 0 spiro atoms. The van der Waals surface area contributed by atoms with E-state index in [0.717, 1.165) is 0 Å². The Kier molecular flexibility index (Phi) is 10.1. The number of amides is 2. The van der Waals surface area contributed by atoms with E-state index in [1.54, 1.807) is 41.5 Å². The number of hydrogen-bond donors (Lipinski definition) is 2. The fourth-order valence-corrected chi connectivity index (χ4v) is 3.39. The molecule has 0 aromatic heterocycles. The molecule has 2 heterocycles. The van der Waals surface area contributed by atoms with Gasteiger partial charge in [-0.3, -0.25) is 9.80 Å². The van der Waals surface area contributed by atoms with Gasteiger partial charge >= 0.3 is 24.1 Å². The highest BCUT2D eigenvalue weighted by Crippen LogP contribution is 2.23. The molecule has 0 bridgehead atoms. The zero-order chi connectivity index (χ0) is 26.4. The maximum absolute atomic E-state index is 11.8. The number of ether oxygens (including phenoxy) is 4. The molecule has 196 valence electrons. The summed E-state index contributed by atoms with van der Waals surface area (Å²) in [5, 5.41) is 19.0. The van der Waals surface area contributed by atoms with Gasteiger partial charge in [-0.25, -0.2) is 19.2 Å². The quantitative estimate of drug-likeness (QED) is 0.424. The van der Waals surface area contributed by atoms with Crippen LogP contribution in [0.2, 0.25) is 0 Å². The molecule has 2 saturated heterocycles. The first-order valence-electron chi connectivity index (χ1n) is 11.0. The summed E-state index contributed by atoms with van der Waals surface area (Å²) in [5.74, 6) is -1.07. The molecule has 0 radical (unpaired) electrons. The van der Waals surface area contributed by atoms with E-state index in [1.807, 2.05) is 0 Å². The second-order valence-corrected chi connectivity index (χ2v) is 10.1. The van der Waals surface area contributed by atoms with Crippen LogP contribution < -0.4 is 0 Å². The number of hydrogen-bond acceptors (Lipinski definition) is 10. The first-order chi connectivity index (χ1) is 15.5. The van der Waals surface area contributed by atoms with E-state index < -0.39 is 59.6 Å². The third-order valence-electron chi connectivity index (χ3n) is 4.76. The Morgan fingerprint density at radius 3 is 1.21 bits per heavy atom. The second-order valence-electron chi connectivity index (χ2n) is 10.1. The fraction of sp³-hybridized carbons (Fsp3) is 0.818. The highest BCUT2D eigenvalue weighted by molar-refractivity contribution is 5.83. The Balaban J connectivity index is 0.000000340. The van der Waals surface area contributed by atoms with E-state index in [9.17, 15) is 29.4 Å². The van der Waals surface area contributed by atoms with E-state index in [-0.39, 0.29) is 25.9 Å². The summed E-state index contributed by atoms with van der Waals surface area (Å²) in [5.41, 5.74) is -1.27. The van der Waals surface area contributed by atoms with Crippen LogP contribution in [0.1, 0.15) is 54.4 Å². The number of esters is 2. The molecular formula is C22H38N2O10. The molecule has 0 aromatic carbocycles. The average Bonchev–Trinajstić information content (AvgIpc) is 3.27. The van der Waals surface area contributed by atoms with Gasteiger partial charge in [0.05, 0.1) is 39.5 Å². The maximum atomic E-state index is 11.8. The fourth-order valence-electron chi connectivity index (χ4n) is 3.39. The van der Waals surface area contributed by atoms with Crippen LogP contribution >= 0.6 is 0 Å². The lowest BCUT2D eigenvalue weighted by Gasteiger charge is -2.27. The molecule has 0 saturated carbocycles. The number of β-amino-alcohol motifs (C(OH)–C–C–N with tert-alkyl or cyclic N) is 2. The number of aliphatic hydroxyl groups excluding tert-OH is 2. The summed E-state index contributed by atoms with van der Waals surface area (Å²) in [6.45, 7) is 10.6. The first-order valence-corrected chi connectivity index (χ1v) is 11.0. The summed E-state index contributed by atoms with van der Waals surface area (Å²) in [6, 6.07) is -1.52. The lowest BCUT2D eigenvalue weighted by atomic mass is 10.2. The maximum Gasteiger partial charge on any atom is 0.411 e. The summed E-state index contributed by atoms with van der Waals surface area (Å²) >= 11 is 0.